The lowest BCUT2D eigenvalue weighted by atomic mass is 10.0. The van der Waals surface area contributed by atoms with Crippen LogP contribution in [-0.2, 0) is 6.42 Å². The quantitative estimate of drug-likeness (QED) is 0.679. The fourth-order valence-corrected chi connectivity index (χ4v) is 3.00. The van der Waals surface area contributed by atoms with Crippen LogP contribution in [0.5, 0.6) is 0 Å². The summed E-state index contributed by atoms with van der Waals surface area (Å²) in [4.78, 5) is 5.93. The van der Waals surface area contributed by atoms with Gasteiger partial charge in [-0.15, -0.1) is 11.8 Å². The molecule has 70 valence electrons. The zero-order chi connectivity index (χ0) is 9.26. The molecule has 0 atom stereocenters. The second-order valence-corrected chi connectivity index (χ2v) is 4.90. The van der Waals surface area contributed by atoms with Crippen molar-refractivity contribution in [2.24, 2.45) is 0 Å². The lowest BCUT2D eigenvalue weighted by Crippen LogP contribution is -2.04. The largest absolute Gasteiger partial charge is 0.260 e. The number of pyridine rings is 1. The van der Waals surface area contributed by atoms with Crippen LogP contribution in [0, 0.1) is 0 Å². The molecule has 2 heteroatoms. The Balaban J connectivity index is 2.46. The van der Waals surface area contributed by atoms with Gasteiger partial charge in [-0.2, -0.15) is 0 Å². The van der Waals surface area contributed by atoms with E-state index in [1.807, 2.05) is 18.0 Å². The minimum atomic E-state index is 0.556. The maximum atomic E-state index is 4.47. The Morgan fingerprint density at radius 3 is 3.08 bits per heavy atom. The van der Waals surface area contributed by atoms with Gasteiger partial charge in [0.05, 0.1) is 5.69 Å². The van der Waals surface area contributed by atoms with E-state index in [0.717, 1.165) is 0 Å². The molecule has 0 N–H and O–H groups in total. The standard InChI is InChI=1S/C11H15NS/c1-8(2)10-11-9(5-6-12-10)4-3-7-13-11/h5-6,8H,3-4,7H2,1-2H3. The first-order valence-corrected chi connectivity index (χ1v) is 5.88. The fourth-order valence-electron chi connectivity index (χ4n) is 1.72. The van der Waals surface area contributed by atoms with E-state index in [9.17, 15) is 0 Å². The van der Waals surface area contributed by atoms with Crippen molar-refractivity contribution < 1.29 is 0 Å². The van der Waals surface area contributed by atoms with Crippen molar-refractivity contribution in [3.8, 4) is 0 Å². The van der Waals surface area contributed by atoms with Gasteiger partial charge in [0.1, 0.15) is 0 Å². The van der Waals surface area contributed by atoms with Crippen LogP contribution in [-0.4, -0.2) is 10.7 Å². The SMILES string of the molecule is CC(C)c1nccc2c1SCCC2. The van der Waals surface area contributed by atoms with Crippen molar-refractivity contribution in [1.29, 1.82) is 0 Å². The van der Waals surface area contributed by atoms with Crippen LogP contribution < -0.4 is 0 Å². The molecule has 0 aliphatic carbocycles. The number of hydrogen-bond donors (Lipinski definition) is 0. The summed E-state index contributed by atoms with van der Waals surface area (Å²) in [5, 5.41) is 0. The third-order valence-electron chi connectivity index (χ3n) is 2.40. The predicted octanol–water partition coefficient (Wildman–Crippen LogP) is 3.24. The van der Waals surface area contributed by atoms with Gasteiger partial charge in [-0.05, 0) is 36.1 Å². The summed E-state index contributed by atoms with van der Waals surface area (Å²) in [6.45, 7) is 4.44. The van der Waals surface area contributed by atoms with Gasteiger partial charge in [0.2, 0.25) is 0 Å². The van der Waals surface area contributed by atoms with Gasteiger partial charge in [0, 0.05) is 11.1 Å². The molecule has 0 saturated carbocycles. The Bertz CT molecular complexity index is 307. The third-order valence-corrected chi connectivity index (χ3v) is 3.65. The molecule has 2 heterocycles. The number of thioether (sulfide) groups is 1. The van der Waals surface area contributed by atoms with Crippen LogP contribution in [0.3, 0.4) is 0 Å². The van der Waals surface area contributed by atoms with Crippen LogP contribution in [0.25, 0.3) is 0 Å². The van der Waals surface area contributed by atoms with E-state index < -0.39 is 0 Å². The lowest BCUT2D eigenvalue weighted by molar-refractivity contribution is 0.768. The summed E-state index contributed by atoms with van der Waals surface area (Å²) < 4.78 is 0. The highest BCUT2D eigenvalue weighted by atomic mass is 32.2. The third kappa shape index (κ3) is 1.73. The van der Waals surface area contributed by atoms with Gasteiger partial charge in [-0.3, -0.25) is 4.98 Å². The second-order valence-electron chi connectivity index (χ2n) is 3.79. The highest BCUT2D eigenvalue weighted by molar-refractivity contribution is 7.99. The summed E-state index contributed by atoms with van der Waals surface area (Å²) in [6, 6.07) is 2.17. The molecule has 0 fully saturated rings. The van der Waals surface area contributed by atoms with Crippen LogP contribution in [0.15, 0.2) is 17.2 Å². The Morgan fingerprint density at radius 2 is 2.31 bits per heavy atom. The van der Waals surface area contributed by atoms with Crippen molar-refractivity contribution in [1.82, 2.24) is 4.98 Å². The zero-order valence-corrected chi connectivity index (χ0v) is 9.03. The molecule has 2 rings (SSSR count). The average Bonchev–Trinajstić information content (AvgIpc) is 2.17. The highest BCUT2D eigenvalue weighted by Gasteiger charge is 2.15. The van der Waals surface area contributed by atoms with Gasteiger partial charge >= 0.3 is 0 Å². The average molecular weight is 193 g/mol. The van der Waals surface area contributed by atoms with Crippen molar-refractivity contribution in [2.45, 2.75) is 37.5 Å². The minimum Gasteiger partial charge on any atom is -0.260 e. The van der Waals surface area contributed by atoms with Gasteiger partial charge in [-0.1, -0.05) is 13.8 Å². The molecule has 13 heavy (non-hydrogen) atoms. The maximum Gasteiger partial charge on any atom is 0.0567 e. The zero-order valence-electron chi connectivity index (χ0n) is 8.21. The molecule has 1 aliphatic rings. The predicted molar refractivity (Wildman–Crippen MR) is 57.4 cm³/mol. The molecule has 0 bridgehead atoms. The molecule has 0 saturated heterocycles. The molecular weight excluding hydrogens is 178 g/mol. The first-order chi connectivity index (χ1) is 6.29. The summed E-state index contributed by atoms with van der Waals surface area (Å²) in [5.41, 5.74) is 2.80. The summed E-state index contributed by atoms with van der Waals surface area (Å²) in [7, 11) is 0. The summed E-state index contributed by atoms with van der Waals surface area (Å²) in [6.07, 6.45) is 4.52. The highest BCUT2D eigenvalue weighted by Crippen LogP contribution is 2.34. The number of hydrogen-bond acceptors (Lipinski definition) is 2. The van der Waals surface area contributed by atoms with Crippen molar-refractivity contribution >= 4 is 11.8 Å². The molecule has 1 aromatic heterocycles. The Morgan fingerprint density at radius 1 is 1.46 bits per heavy atom. The molecule has 0 amide bonds. The smallest absolute Gasteiger partial charge is 0.0567 e. The molecule has 0 unspecified atom stereocenters. The van der Waals surface area contributed by atoms with Gasteiger partial charge in [0.25, 0.3) is 0 Å². The molecule has 0 radical (unpaired) electrons. The topological polar surface area (TPSA) is 12.9 Å². The van der Waals surface area contributed by atoms with E-state index in [1.54, 1.807) is 0 Å². The Labute approximate surface area is 84.0 Å². The maximum absolute atomic E-state index is 4.47. The summed E-state index contributed by atoms with van der Waals surface area (Å²) >= 11 is 1.98. The van der Waals surface area contributed by atoms with Crippen LogP contribution >= 0.6 is 11.8 Å². The first-order valence-electron chi connectivity index (χ1n) is 4.89. The number of nitrogens with zero attached hydrogens (tertiary/aromatic N) is 1. The molecule has 0 aromatic carbocycles. The molecule has 1 aliphatic heterocycles. The normalized spacial score (nSPS) is 15.9. The number of rotatable bonds is 1. The van der Waals surface area contributed by atoms with Crippen molar-refractivity contribution in [3.05, 3.63) is 23.5 Å². The molecule has 0 spiro atoms. The number of fused-ring (bicyclic) bond motifs is 1. The van der Waals surface area contributed by atoms with E-state index in [4.69, 9.17) is 0 Å². The van der Waals surface area contributed by atoms with E-state index >= 15 is 0 Å². The Kier molecular flexibility index (Phi) is 2.58. The summed E-state index contributed by atoms with van der Waals surface area (Å²) in [5.74, 6) is 1.82. The Hall–Kier alpha value is -0.500. The van der Waals surface area contributed by atoms with E-state index in [2.05, 4.69) is 24.9 Å². The van der Waals surface area contributed by atoms with Crippen LogP contribution in [0.1, 0.15) is 37.4 Å². The molecule has 1 aromatic rings. The monoisotopic (exact) mass is 193 g/mol. The first kappa shape index (κ1) is 9.07. The van der Waals surface area contributed by atoms with Crippen molar-refractivity contribution in [2.75, 3.05) is 5.75 Å². The second kappa shape index (κ2) is 3.70. The number of aromatic nitrogens is 1. The van der Waals surface area contributed by atoms with E-state index in [1.165, 1.54) is 34.7 Å². The molecular formula is C11H15NS. The minimum absolute atomic E-state index is 0.556. The lowest BCUT2D eigenvalue weighted by Gasteiger charge is -2.19. The van der Waals surface area contributed by atoms with Gasteiger partial charge < -0.3 is 0 Å². The van der Waals surface area contributed by atoms with Crippen molar-refractivity contribution in [3.63, 3.8) is 0 Å². The van der Waals surface area contributed by atoms with Crippen LogP contribution in [0.2, 0.25) is 0 Å². The van der Waals surface area contributed by atoms with Gasteiger partial charge in [0.15, 0.2) is 0 Å². The van der Waals surface area contributed by atoms with E-state index in [-0.39, 0.29) is 0 Å². The number of aryl methyl sites for hydroxylation is 1. The molecule has 1 nitrogen and oxygen atoms in total. The van der Waals surface area contributed by atoms with E-state index in [0.29, 0.717) is 5.92 Å². The van der Waals surface area contributed by atoms with Crippen LogP contribution in [0.4, 0.5) is 0 Å². The fraction of sp³-hybridized carbons (Fsp3) is 0.545. The van der Waals surface area contributed by atoms with Gasteiger partial charge in [-0.25, -0.2) is 0 Å².